The number of aliphatic hydroxyl groups excluding tert-OH is 3. The molecule has 1 aliphatic heterocycles. The monoisotopic (exact) mass is 520 g/mol. The predicted molar refractivity (Wildman–Crippen MR) is 130 cm³/mol. The van der Waals surface area contributed by atoms with Crippen molar-refractivity contribution in [2.75, 3.05) is 6.61 Å². The highest BCUT2D eigenvalue weighted by Gasteiger charge is 2.72. The summed E-state index contributed by atoms with van der Waals surface area (Å²) >= 11 is 0. The lowest BCUT2D eigenvalue weighted by Crippen LogP contribution is -2.67. The van der Waals surface area contributed by atoms with Crippen molar-refractivity contribution in [3.63, 3.8) is 0 Å². The molecular weight excluding hydrogens is 480 g/mol. The van der Waals surface area contributed by atoms with E-state index in [1.165, 1.54) is 13.0 Å². The zero-order chi connectivity index (χ0) is 27.3. The second kappa shape index (κ2) is 8.42. The van der Waals surface area contributed by atoms with Crippen molar-refractivity contribution < 1.29 is 44.7 Å². The lowest BCUT2D eigenvalue weighted by Gasteiger charge is -2.62. The molecule has 0 amide bonds. The number of aliphatic hydroxyl groups is 5. The van der Waals surface area contributed by atoms with E-state index in [-0.39, 0.29) is 62.8 Å². The van der Waals surface area contributed by atoms with Crippen LogP contribution in [0.5, 0.6) is 0 Å². The van der Waals surface area contributed by atoms with Gasteiger partial charge in [-0.3, -0.25) is 14.4 Å². The average molecular weight is 521 g/mol. The van der Waals surface area contributed by atoms with Crippen molar-refractivity contribution >= 4 is 17.5 Å². The predicted octanol–water partition coefficient (Wildman–Crippen LogP) is 0.681. The molecule has 4 fully saturated rings. The van der Waals surface area contributed by atoms with E-state index in [9.17, 15) is 39.9 Å². The first-order valence-corrected chi connectivity index (χ1v) is 13.5. The minimum absolute atomic E-state index is 0.0508. The van der Waals surface area contributed by atoms with E-state index in [0.29, 0.717) is 5.57 Å². The van der Waals surface area contributed by atoms with Gasteiger partial charge in [0.2, 0.25) is 0 Å². The van der Waals surface area contributed by atoms with Crippen LogP contribution in [0.2, 0.25) is 0 Å². The number of hydrogen-bond acceptors (Lipinski definition) is 9. The topological polar surface area (TPSA) is 162 Å². The molecule has 0 aromatic carbocycles. The number of rotatable bonds is 4. The van der Waals surface area contributed by atoms with Crippen molar-refractivity contribution in [2.24, 2.45) is 40.4 Å². The summed E-state index contributed by atoms with van der Waals surface area (Å²) < 4.78 is 5.07. The Labute approximate surface area is 216 Å². The Hall–Kier alpha value is -1.65. The van der Waals surface area contributed by atoms with Crippen molar-refractivity contribution in [1.29, 1.82) is 0 Å². The van der Waals surface area contributed by atoms with Gasteiger partial charge in [0.05, 0.1) is 36.4 Å². The Morgan fingerprint density at radius 3 is 2.43 bits per heavy atom. The molecule has 0 aromatic rings. The third-order valence-electron chi connectivity index (χ3n) is 11.4. The molecule has 0 radical (unpaired) electrons. The molecule has 9 nitrogen and oxygen atoms in total. The molecule has 0 spiro atoms. The quantitative estimate of drug-likeness (QED) is 0.336. The Morgan fingerprint density at radius 2 is 1.81 bits per heavy atom. The number of ether oxygens (including phenoxy) is 1. The van der Waals surface area contributed by atoms with Gasteiger partial charge in [-0.15, -0.1) is 0 Å². The van der Waals surface area contributed by atoms with Gasteiger partial charge in [-0.05, 0) is 62.0 Å². The maximum absolute atomic E-state index is 13.4. The molecule has 5 aliphatic rings. The molecule has 9 heteroatoms. The fourth-order valence-corrected chi connectivity index (χ4v) is 8.78. The van der Waals surface area contributed by atoms with E-state index in [4.69, 9.17) is 4.74 Å². The highest BCUT2D eigenvalue weighted by molar-refractivity contribution is 5.95. The summed E-state index contributed by atoms with van der Waals surface area (Å²) in [5, 5.41) is 56.3. The zero-order valence-electron chi connectivity index (χ0n) is 22.0. The molecule has 0 bridgehead atoms. The van der Waals surface area contributed by atoms with E-state index in [0.717, 1.165) is 0 Å². The van der Waals surface area contributed by atoms with Crippen molar-refractivity contribution in [3.05, 3.63) is 11.6 Å². The van der Waals surface area contributed by atoms with Crippen LogP contribution in [0.4, 0.5) is 0 Å². The minimum atomic E-state index is -1.88. The van der Waals surface area contributed by atoms with E-state index in [2.05, 4.69) is 0 Å². The summed E-state index contributed by atoms with van der Waals surface area (Å²) in [5.41, 5.74) is -5.07. The Morgan fingerprint density at radius 1 is 1.14 bits per heavy atom. The third kappa shape index (κ3) is 3.50. The van der Waals surface area contributed by atoms with Crippen LogP contribution in [0.15, 0.2) is 11.6 Å². The van der Waals surface area contributed by atoms with Crippen LogP contribution < -0.4 is 0 Å². The van der Waals surface area contributed by atoms with Crippen LogP contribution in [0.25, 0.3) is 0 Å². The first kappa shape index (κ1) is 26.9. The summed E-state index contributed by atoms with van der Waals surface area (Å²) in [6, 6.07) is 0. The fraction of sp³-hybridized carbons (Fsp3) is 0.821. The standard InChI is InChI=1S/C28H40O9/c1-13-14(12-37-24(13)34)7-23(33)27(4,35)21-5-6-28(36)16-8-18(29)17-9-19(30)20(31)11-25(17,2)15(16)10-22(32)26(21,28)3/h8,13-15,17,19-22,30-32,35-36H,5-7,9-12H2,1-4H3/t13?,14-,15+,17?,19?,20?,21+,22?,25-,26+,27-,28-/m1/s1. The average Bonchev–Trinajstić information content (AvgIpc) is 3.29. The normalized spacial score (nSPS) is 50.9. The molecule has 5 unspecified atom stereocenters. The van der Waals surface area contributed by atoms with Crippen LogP contribution in [-0.2, 0) is 19.1 Å². The van der Waals surface area contributed by atoms with E-state index in [1.807, 2.05) is 6.92 Å². The molecule has 1 heterocycles. The number of carbonyl (C=O) groups excluding carboxylic acids is 3. The summed E-state index contributed by atoms with van der Waals surface area (Å²) in [7, 11) is 0. The van der Waals surface area contributed by atoms with E-state index < -0.39 is 69.8 Å². The molecule has 4 aliphatic carbocycles. The van der Waals surface area contributed by atoms with Gasteiger partial charge in [0.1, 0.15) is 5.60 Å². The lowest BCUT2D eigenvalue weighted by atomic mass is 9.45. The summed E-state index contributed by atoms with van der Waals surface area (Å²) in [5.74, 6) is -3.54. The number of esters is 1. The second-order valence-corrected chi connectivity index (χ2v) is 13.1. The molecule has 206 valence electrons. The molecular formula is C28H40O9. The number of cyclic esters (lactones) is 1. The van der Waals surface area contributed by atoms with E-state index in [1.54, 1.807) is 13.8 Å². The van der Waals surface area contributed by atoms with Gasteiger partial charge in [-0.1, -0.05) is 20.8 Å². The van der Waals surface area contributed by atoms with Gasteiger partial charge in [-0.2, -0.15) is 0 Å². The van der Waals surface area contributed by atoms with Gasteiger partial charge in [0.25, 0.3) is 0 Å². The lowest BCUT2D eigenvalue weighted by molar-refractivity contribution is -0.197. The number of carbonyl (C=O) groups is 3. The smallest absolute Gasteiger partial charge is 0.309 e. The van der Waals surface area contributed by atoms with Gasteiger partial charge in [0, 0.05) is 29.6 Å². The maximum Gasteiger partial charge on any atom is 0.309 e. The summed E-state index contributed by atoms with van der Waals surface area (Å²) in [4.78, 5) is 38.5. The van der Waals surface area contributed by atoms with Crippen LogP contribution in [0, 0.1) is 40.4 Å². The minimum Gasteiger partial charge on any atom is -0.465 e. The SMILES string of the molecule is CC1C(=O)OC[C@H]1CC(=O)[C@](C)(O)[C@H]1CC[C@@]2(O)C3=CC(=O)C4CC(O)C(O)C[C@]4(C)[C@H]3CC(O)[C@]12C. The van der Waals surface area contributed by atoms with Crippen LogP contribution in [0.3, 0.4) is 0 Å². The van der Waals surface area contributed by atoms with Gasteiger partial charge < -0.3 is 30.3 Å². The Balaban J connectivity index is 1.49. The third-order valence-corrected chi connectivity index (χ3v) is 11.4. The van der Waals surface area contributed by atoms with Gasteiger partial charge in [-0.25, -0.2) is 0 Å². The summed E-state index contributed by atoms with van der Waals surface area (Å²) in [6.45, 7) is 6.82. The number of fused-ring (bicyclic) bond motifs is 5. The fourth-order valence-electron chi connectivity index (χ4n) is 8.78. The van der Waals surface area contributed by atoms with Crippen molar-refractivity contribution in [3.8, 4) is 0 Å². The molecule has 1 saturated heterocycles. The highest BCUT2D eigenvalue weighted by atomic mass is 16.5. The molecule has 3 saturated carbocycles. The van der Waals surface area contributed by atoms with Crippen LogP contribution in [0.1, 0.15) is 66.2 Å². The zero-order valence-corrected chi connectivity index (χ0v) is 22.0. The van der Waals surface area contributed by atoms with E-state index >= 15 is 0 Å². The first-order valence-electron chi connectivity index (χ1n) is 13.5. The van der Waals surface area contributed by atoms with Gasteiger partial charge in [0.15, 0.2) is 11.6 Å². The van der Waals surface area contributed by atoms with Crippen LogP contribution >= 0.6 is 0 Å². The van der Waals surface area contributed by atoms with Gasteiger partial charge >= 0.3 is 5.97 Å². The van der Waals surface area contributed by atoms with Crippen molar-refractivity contribution in [1.82, 2.24) is 0 Å². The van der Waals surface area contributed by atoms with Crippen molar-refractivity contribution in [2.45, 2.75) is 95.7 Å². The number of hydrogen-bond donors (Lipinski definition) is 5. The molecule has 12 atom stereocenters. The molecule has 5 N–H and O–H groups in total. The van der Waals surface area contributed by atoms with Crippen LogP contribution in [-0.4, -0.2) is 79.2 Å². The highest BCUT2D eigenvalue weighted by Crippen LogP contribution is 2.68. The molecule has 37 heavy (non-hydrogen) atoms. The number of Topliss-reactive ketones (excluding diaryl/α,β-unsaturated/α-hetero) is 1. The maximum atomic E-state index is 13.4. The molecule has 0 aromatic heterocycles. The largest absolute Gasteiger partial charge is 0.465 e. The first-order chi connectivity index (χ1) is 17.1. The Kier molecular flexibility index (Phi) is 6.13. The second-order valence-electron chi connectivity index (χ2n) is 13.1. The summed E-state index contributed by atoms with van der Waals surface area (Å²) in [6.07, 6.45) is -0.746. The Bertz CT molecular complexity index is 1050. The number of ketones is 2. The number of allylic oxidation sites excluding steroid dienone is 1. The molecule has 5 rings (SSSR count).